The first-order valence-electron chi connectivity index (χ1n) is 6.28. The average Bonchev–Trinajstić information content (AvgIpc) is 2.39. The fraction of sp³-hybridized carbons (Fsp3) is 0.500. The molecule has 0 atom stereocenters. The molecule has 0 aromatic heterocycles. The van der Waals surface area contributed by atoms with Gasteiger partial charge in [-0.3, -0.25) is 4.79 Å². The van der Waals surface area contributed by atoms with Crippen LogP contribution in [0.15, 0.2) is 18.2 Å². The number of benzene rings is 1. The van der Waals surface area contributed by atoms with Gasteiger partial charge in [0.1, 0.15) is 6.61 Å². The van der Waals surface area contributed by atoms with Gasteiger partial charge in [-0.15, -0.1) is 0 Å². The summed E-state index contributed by atoms with van der Waals surface area (Å²) >= 11 is 5.82. The van der Waals surface area contributed by atoms with Crippen LogP contribution in [0.2, 0.25) is 5.02 Å². The zero-order valence-electron chi connectivity index (χ0n) is 10.1. The van der Waals surface area contributed by atoms with E-state index in [0.717, 1.165) is 25.7 Å². The topological polar surface area (TPSA) is 26.3 Å². The molecular weight excluding hydrogens is 255 g/mol. The minimum atomic E-state index is -0.529. The van der Waals surface area contributed by atoms with Crippen LogP contribution >= 0.6 is 11.6 Å². The largest absolute Gasteiger partial charge is 0.481 e. The summed E-state index contributed by atoms with van der Waals surface area (Å²) in [6.45, 7) is -0.0919. The Bertz CT molecular complexity index is 408. The Kier molecular flexibility index (Phi) is 4.59. The number of para-hydroxylation sites is 1. The maximum absolute atomic E-state index is 13.4. The molecule has 0 saturated heterocycles. The highest BCUT2D eigenvalue weighted by Gasteiger charge is 2.22. The molecule has 0 aliphatic heterocycles. The molecule has 0 unspecified atom stereocenters. The molecular formula is C14H16ClFO2. The number of ether oxygens (including phenoxy) is 1. The first kappa shape index (κ1) is 13.3. The summed E-state index contributed by atoms with van der Waals surface area (Å²) in [6, 6.07) is 4.32. The highest BCUT2D eigenvalue weighted by Crippen LogP contribution is 2.28. The van der Waals surface area contributed by atoms with Crippen LogP contribution in [0, 0.1) is 11.7 Å². The number of carbonyl (C=O) groups excluding carboxylic acids is 1. The molecule has 1 aliphatic carbocycles. The summed E-state index contributed by atoms with van der Waals surface area (Å²) in [4.78, 5) is 11.9. The van der Waals surface area contributed by atoms with Crippen LogP contribution in [0.5, 0.6) is 5.75 Å². The third kappa shape index (κ3) is 3.22. The van der Waals surface area contributed by atoms with Crippen LogP contribution in [-0.2, 0) is 4.79 Å². The highest BCUT2D eigenvalue weighted by atomic mass is 35.5. The lowest BCUT2D eigenvalue weighted by atomic mass is 9.86. The highest BCUT2D eigenvalue weighted by molar-refractivity contribution is 6.32. The SMILES string of the molecule is O=C(COc1c(F)cccc1Cl)C1CCCCC1. The molecule has 1 aromatic rings. The molecule has 1 aliphatic rings. The van der Waals surface area contributed by atoms with Crippen LogP contribution in [0.25, 0.3) is 0 Å². The molecule has 0 radical (unpaired) electrons. The fourth-order valence-electron chi connectivity index (χ4n) is 2.31. The second-order valence-electron chi connectivity index (χ2n) is 4.64. The predicted octanol–water partition coefficient (Wildman–Crippen LogP) is 4.01. The number of hydrogen-bond donors (Lipinski definition) is 0. The van der Waals surface area contributed by atoms with Crippen molar-refractivity contribution in [2.45, 2.75) is 32.1 Å². The molecule has 98 valence electrons. The molecule has 18 heavy (non-hydrogen) atoms. The second kappa shape index (κ2) is 6.19. The maximum Gasteiger partial charge on any atom is 0.174 e. The smallest absolute Gasteiger partial charge is 0.174 e. The molecule has 2 rings (SSSR count). The van der Waals surface area contributed by atoms with Gasteiger partial charge in [0.05, 0.1) is 5.02 Å². The van der Waals surface area contributed by atoms with Gasteiger partial charge in [-0.1, -0.05) is 36.9 Å². The third-order valence-electron chi connectivity index (χ3n) is 3.34. The number of ketones is 1. The predicted molar refractivity (Wildman–Crippen MR) is 68.5 cm³/mol. The lowest BCUT2D eigenvalue weighted by molar-refractivity contribution is -0.125. The van der Waals surface area contributed by atoms with E-state index in [-0.39, 0.29) is 29.1 Å². The van der Waals surface area contributed by atoms with Gasteiger partial charge in [0.2, 0.25) is 0 Å². The van der Waals surface area contributed by atoms with E-state index in [1.165, 1.54) is 18.6 Å². The Hall–Kier alpha value is -1.09. The van der Waals surface area contributed by atoms with Crippen molar-refractivity contribution in [3.8, 4) is 5.75 Å². The van der Waals surface area contributed by atoms with Gasteiger partial charge in [-0.05, 0) is 25.0 Å². The summed E-state index contributed by atoms with van der Waals surface area (Å²) in [7, 11) is 0. The lowest BCUT2D eigenvalue weighted by Crippen LogP contribution is -2.23. The molecule has 0 amide bonds. The van der Waals surface area contributed by atoms with Crippen molar-refractivity contribution in [1.29, 1.82) is 0 Å². The molecule has 0 spiro atoms. The zero-order chi connectivity index (χ0) is 13.0. The molecule has 2 nitrogen and oxygen atoms in total. The second-order valence-corrected chi connectivity index (χ2v) is 5.05. The maximum atomic E-state index is 13.4. The Morgan fingerprint density at radius 1 is 1.33 bits per heavy atom. The van der Waals surface area contributed by atoms with E-state index in [4.69, 9.17) is 16.3 Å². The van der Waals surface area contributed by atoms with Crippen molar-refractivity contribution < 1.29 is 13.9 Å². The van der Waals surface area contributed by atoms with Crippen molar-refractivity contribution in [2.24, 2.45) is 5.92 Å². The van der Waals surface area contributed by atoms with Gasteiger partial charge in [-0.2, -0.15) is 0 Å². The summed E-state index contributed by atoms with van der Waals surface area (Å²) in [5.74, 6) is -0.430. The van der Waals surface area contributed by atoms with E-state index in [1.807, 2.05) is 0 Å². The quantitative estimate of drug-likeness (QED) is 0.826. The Labute approximate surface area is 111 Å². The van der Waals surface area contributed by atoms with E-state index in [9.17, 15) is 9.18 Å². The Balaban J connectivity index is 1.92. The van der Waals surface area contributed by atoms with Crippen molar-refractivity contribution >= 4 is 17.4 Å². The summed E-state index contributed by atoms with van der Waals surface area (Å²) in [5.41, 5.74) is 0. The first-order chi connectivity index (χ1) is 8.68. The molecule has 0 N–H and O–H groups in total. The van der Waals surface area contributed by atoms with E-state index >= 15 is 0 Å². The van der Waals surface area contributed by atoms with Gasteiger partial charge in [0.25, 0.3) is 0 Å². The van der Waals surface area contributed by atoms with E-state index < -0.39 is 5.82 Å². The van der Waals surface area contributed by atoms with Crippen LogP contribution in [0.1, 0.15) is 32.1 Å². The molecule has 0 bridgehead atoms. The van der Waals surface area contributed by atoms with Crippen molar-refractivity contribution in [3.63, 3.8) is 0 Å². The fourth-order valence-corrected chi connectivity index (χ4v) is 2.52. The van der Waals surface area contributed by atoms with Crippen LogP contribution < -0.4 is 4.74 Å². The minimum Gasteiger partial charge on any atom is -0.481 e. The third-order valence-corrected chi connectivity index (χ3v) is 3.64. The minimum absolute atomic E-state index is 0.0247. The number of rotatable bonds is 4. The number of halogens is 2. The lowest BCUT2D eigenvalue weighted by Gasteiger charge is -2.20. The van der Waals surface area contributed by atoms with E-state index in [0.29, 0.717) is 0 Å². The zero-order valence-corrected chi connectivity index (χ0v) is 10.9. The summed E-state index contributed by atoms with van der Waals surface area (Å²) < 4.78 is 18.6. The van der Waals surface area contributed by atoms with Gasteiger partial charge < -0.3 is 4.74 Å². The van der Waals surface area contributed by atoms with Gasteiger partial charge in [0.15, 0.2) is 17.3 Å². The van der Waals surface area contributed by atoms with E-state index in [2.05, 4.69) is 0 Å². The monoisotopic (exact) mass is 270 g/mol. The van der Waals surface area contributed by atoms with Crippen LogP contribution in [-0.4, -0.2) is 12.4 Å². The molecule has 4 heteroatoms. The molecule has 1 saturated carbocycles. The Morgan fingerprint density at radius 3 is 2.72 bits per heavy atom. The van der Waals surface area contributed by atoms with Gasteiger partial charge in [0, 0.05) is 5.92 Å². The Morgan fingerprint density at radius 2 is 2.06 bits per heavy atom. The summed E-state index contributed by atoms with van der Waals surface area (Å²) in [5, 5.41) is 0.200. The van der Waals surface area contributed by atoms with Gasteiger partial charge in [-0.25, -0.2) is 4.39 Å². The standard InChI is InChI=1S/C14H16ClFO2/c15-11-7-4-8-12(16)14(11)18-9-13(17)10-5-2-1-3-6-10/h4,7-8,10H,1-3,5-6,9H2. The van der Waals surface area contributed by atoms with Crippen molar-refractivity contribution in [1.82, 2.24) is 0 Å². The van der Waals surface area contributed by atoms with Crippen molar-refractivity contribution in [2.75, 3.05) is 6.61 Å². The summed E-state index contributed by atoms with van der Waals surface area (Å²) in [6.07, 6.45) is 5.23. The van der Waals surface area contributed by atoms with E-state index in [1.54, 1.807) is 6.07 Å². The van der Waals surface area contributed by atoms with Crippen LogP contribution in [0.4, 0.5) is 4.39 Å². The molecule has 1 fully saturated rings. The average molecular weight is 271 g/mol. The van der Waals surface area contributed by atoms with Crippen LogP contribution in [0.3, 0.4) is 0 Å². The number of hydrogen-bond acceptors (Lipinski definition) is 2. The van der Waals surface area contributed by atoms with Gasteiger partial charge >= 0.3 is 0 Å². The molecule has 0 heterocycles. The number of Topliss-reactive ketones (excluding diaryl/α,β-unsaturated/α-hetero) is 1. The number of carbonyl (C=O) groups is 1. The molecule has 1 aromatic carbocycles. The van der Waals surface area contributed by atoms with Crippen molar-refractivity contribution in [3.05, 3.63) is 29.0 Å². The normalized spacial score (nSPS) is 16.6. The first-order valence-corrected chi connectivity index (χ1v) is 6.66.